The Labute approximate surface area is 147 Å². The van der Waals surface area contributed by atoms with E-state index in [0.29, 0.717) is 23.5 Å². The highest BCUT2D eigenvalue weighted by molar-refractivity contribution is 6.07. The molecule has 1 N–H and O–H groups in total. The highest BCUT2D eigenvalue weighted by atomic mass is 16.5. The number of hydrogen-bond acceptors (Lipinski definition) is 4. The van der Waals surface area contributed by atoms with Crippen molar-refractivity contribution < 1.29 is 19.4 Å². The third kappa shape index (κ3) is 3.07. The van der Waals surface area contributed by atoms with Gasteiger partial charge in [-0.3, -0.25) is 4.79 Å². The van der Waals surface area contributed by atoms with Crippen LogP contribution in [0, 0.1) is 0 Å². The Hall–Kier alpha value is -2.53. The predicted molar refractivity (Wildman–Crippen MR) is 96.5 cm³/mol. The summed E-state index contributed by atoms with van der Waals surface area (Å²) in [4.78, 5) is 15.0. The molecule has 3 rings (SSSR count). The summed E-state index contributed by atoms with van der Waals surface area (Å²) in [5, 5.41) is 10.4. The summed E-state index contributed by atoms with van der Waals surface area (Å²) in [6.07, 6.45) is 0.757. The molecule has 0 spiro atoms. The summed E-state index contributed by atoms with van der Waals surface area (Å²) >= 11 is 0. The average molecular weight is 341 g/mol. The Balaban J connectivity index is 2.04. The van der Waals surface area contributed by atoms with Gasteiger partial charge in [0.05, 0.1) is 26.0 Å². The first-order valence-corrected chi connectivity index (χ1v) is 8.43. The van der Waals surface area contributed by atoms with Gasteiger partial charge < -0.3 is 19.5 Å². The van der Waals surface area contributed by atoms with E-state index in [4.69, 9.17) is 9.47 Å². The molecule has 5 heteroatoms. The first-order valence-electron chi connectivity index (χ1n) is 8.43. The fourth-order valence-corrected chi connectivity index (χ4v) is 3.41. The summed E-state index contributed by atoms with van der Waals surface area (Å²) in [7, 11) is 3.11. The standard InChI is InChI=1S/C20H23NO4/c1-4-14-12-17(22)15-7-5-6-8-16(15)21(14)20(23)13-9-10-18(24-2)19(11-13)25-3/h5-11,14,17,22H,4,12H2,1-3H3/t14-,17+/m0/s1. The topological polar surface area (TPSA) is 59.0 Å². The normalized spacial score (nSPS) is 19.3. The van der Waals surface area contributed by atoms with E-state index in [2.05, 4.69) is 0 Å². The zero-order valence-corrected chi connectivity index (χ0v) is 14.7. The van der Waals surface area contributed by atoms with Crippen LogP contribution in [-0.2, 0) is 0 Å². The van der Waals surface area contributed by atoms with Gasteiger partial charge in [-0.1, -0.05) is 25.1 Å². The van der Waals surface area contributed by atoms with Gasteiger partial charge in [-0.2, -0.15) is 0 Å². The number of nitrogens with zero attached hydrogens (tertiary/aromatic N) is 1. The van der Waals surface area contributed by atoms with Gasteiger partial charge in [-0.05, 0) is 37.1 Å². The monoisotopic (exact) mass is 341 g/mol. The number of benzene rings is 2. The third-order valence-electron chi connectivity index (χ3n) is 4.74. The molecule has 0 aromatic heterocycles. The molecule has 0 radical (unpaired) electrons. The minimum atomic E-state index is -0.546. The quantitative estimate of drug-likeness (QED) is 0.924. The van der Waals surface area contributed by atoms with Crippen molar-refractivity contribution in [2.24, 2.45) is 0 Å². The lowest BCUT2D eigenvalue weighted by Crippen LogP contribution is -2.44. The number of hydrogen-bond donors (Lipinski definition) is 1. The molecular formula is C20H23NO4. The summed E-state index contributed by atoms with van der Waals surface area (Å²) in [6, 6.07) is 12.7. The Morgan fingerprint density at radius 1 is 1.16 bits per heavy atom. The zero-order valence-electron chi connectivity index (χ0n) is 14.7. The summed E-state index contributed by atoms with van der Waals surface area (Å²) in [5.74, 6) is 0.999. The average Bonchev–Trinajstić information content (AvgIpc) is 2.66. The number of amides is 1. The fourth-order valence-electron chi connectivity index (χ4n) is 3.41. The minimum absolute atomic E-state index is 0.0505. The van der Waals surface area contributed by atoms with E-state index in [-0.39, 0.29) is 11.9 Å². The predicted octanol–water partition coefficient (Wildman–Crippen LogP) is 3.57. The number of carbonyl (C=O) groups excluding carboxylic acids is 1. The summed E-state index contributed by atoms with van der Waals surface area (Å²) in [6.45, 7) is 2.03. The zero-order chi connectivity index (χ0) is 18.0. The van der Waals surface area contributed by atoms with Crippen LogP contribution in [0.15, 0.2) is 42.5 Å². The van der Waals surface area contributed by atoms with E-state index in [9.17, 15) is 9.90 Å². The molecule has 0 saturated carbocycles. The van der Waals surface area contributed by atoms with Crippen molar-refractivity contribution >= 4 is 11.6 Å². The van der Waals surface area contributed by atoms with Crippen LogP contribution >= 0.6 is 0 Å². The number of aliphatic hydroxyl groups is 1. The number of fused-ring (bicyclic) bond motifs is 1. The number of ether oxygens (including phenoxy) is 2. The molecule has 0 fully saturated rings. The molecular weight excluding hydrogens is 318 g/mol. The molecule has 0 bridgehead atoms. The SMILES string of the molecule is CC[C@H]1C[C@@H](O)c2ccccc2N1C(=O)c1ccc(OC)c(OC)c1. The lowest BCUT2D eigenvalue weighted by molar-refractivity contribution is 0.0941. The summed E-state index contributed by atoms with van der Waals surface area (Å²) in [5.41, 5.74) is 2.09. The van der Waals surface area contributed by atoms with Gasteiger partial charge in [0, 0.05) is 17.2 Å². The van der Waals surface area contributed by atoms with E-state index in [1.165, 1.54) is 0 Å². The number of carbonyl (C=O) groups is 1. The largest absolute Gasteiger partial charge is 0.493 e. The van der Waals surface area contributed by atoms with Crippen LogP contribution in [-0.4, -0.2) is 31.3 Å². The first-order chi connectivity index (χ1) is 12.1. The van der Waals surface area contributed by atoms with Gasteiger partial charge in [0.25, 0.3) is 5.91 Å². The molecule has 132 valence electrons. The van der Waals surface area contributed by atoms with E-state index in [1.807, 2.05) is 31.2 Å². The maximum Gasteiger partial charge on any atom is 0.258 e. The number of rotatable bonds is 4. The Bertz CT molecular complexity index is 774. The van der Waals surface area contributed by atoms with Gasteiger partial charge in [0.2, 0.25) is 0 Å². The molecule has 2 aromatic rings. The van der Waals surface area contributed by atoms with Gasteiger partial charge in [0.15, 0.2) is 11.5 Å². The second kappa shape index (κ2) is 7.15. The fraction of sp³-hybridized carbons (Fsp3) is 0.350. The van der Waals surface area contributed by atoms with Crippen LogP contribution < -0.4 is 14.4 Å². The molecule has 1 heterocycles. The molecule has 2 aromatic carbocycles. The maximum atomic E-state index is 13.3. The van der Waals surface area contributed by atoms with Crippen molar-refractivity contribution in [3.05, 3.63) is 53.6 Å². The molecule has 1 aliphatic heterocycles. The molecule has 0 aliphatic carbocycles. The second-order valence-electron chi connectivity index (χ2n) is 6.12. The molecule has 2 atom stereocenters. The number of para-hydroxylation sites is 1. The van der Waals surface area contributed by atoms with E-state index >= 15 is 0 Å². The van der Waals surface area contributed by atoms with Gasteiger partial charge >= 0.3 is 0 Å². The molecule has 1 amide bonds. The number of aliphatic hydroxyl groups excluding tert-OH is 1. The van der Waals surface area contributed by atoms with Crippen molar-refractivity contribution in [1.82, 2.24) is 0 Å². The second-order valence-corrected chi connectivity index (χ2v) is 6.12. The van der Waals surface area contributed by atoms with Crippen LogP contribution in [0.3, 0.4) is 0 Å². The first kappa shape index (κ1) is 17.3. The van der Waals surface area contributed by atoms with Crippen molar-refractivity contribution in [2.45, 2.75) is 31.9 Å². The van der Waals surface area contributed by atoms with Crippen LogP contribution in [0.4, 0.5) is 5.69 Å². The summed E-state index contributed by atoms with van der Waals surface area (Å²) < 4.78 is 10.6. The van der Waals surface area contributed by atoms with Gasteiger partial charge in [-0.15, -0.1) is 0 Å². The van der Waals surface area contributed by atoms with Crippen LogP contribution in [0.2, 0.25) is 0 Å². The van der Waals surface area contributed by atoms with Crippen molar-refractivity contribution in [1.29, 1.82) is 0 Å². The highest BCUT2D eigenvalue weighted by Crippen LogP contribution is 2.39. The molecule has 0 saturated heterocycles. The Morgan fingerprint density at radius 3 is 2.56 bits per heavy atom. The van der Waals surface area contributed by atoms with Gasteiger partial charge in [-0.25, -0.2) is 0 Å². The molecule has 5 nitrogen and oxygen atoms in total. The lowest BCUT2D eigenvalue weighted by atomic mass is 9.91. The van der Waals surface area contributed by atoms with Crippen LogP contribution in [0.5, 0.6) is 11.5 Å². The van der Waals surface area contributed by atoms with Crippen LogP contribution in [0.1, 0.15) is 41.8 Å². The smallest absolute Gasteiger partial charge is 0.258 e. The van der Waals surface area contributed by atoms with E-state index in [0.717, 1.165) is 17.7 Å². The van der Waals surface area contributed by atoms with Crippen LogP contribution in [0.25, 0.3) is 0 Å². The van der Waals surface area contributed by atoms with Gasteiger partial charge in [0.1, 0.15) is 0 Å². The third-order valence-corrected chi connectivity index (χ3v) is 4.74. The van der Waals surface area contributed by atoms with Crippen molar-refractivity contribution in [3.8, 4) is 11.5 Å². The lowest BCUT2D eigenvalue weighted by Gasteiger charge is -2.39. The molecule has 0 unspecified atom stereocenters. The number of anilines is 1. The Kier molecular flexibility index (Phi) is 4.95. The van der Waals surface area contributed by atoms with E-state index < -0.39 is 6.10 Å². The number of methoxy groups -OCH3 is 2. The minimum Gasteiger partial charge on any atom is -0.493 e. The van der Waals surface area contributed by atoms with Crippen molar-refractivity contribution in [2.75, 3.05) is 19.1 Å². The van der Waals surface area contributed by atoms with Crippen molar-refractivity contribution in [3.63, 3.8) is 0 Å². The Morgan fingerprint density at radius 2 is 1.88 bits per heavy atom. The highest BCUT2D eigenvalue weighted by Gasteiger charge is 2.34. The van der Waals surface area contributed by atoms with E-state index in [1.54, 1.807) is 37.3 Å². The molecule has 1 aliphatic rings. The molecule has 25 heavy (non-hydrogen) atoms. The maximum absolute atomic E-state index is 13.3.